The molecule has 0 spiro atoms. The quantitative estimate of drug-likeness (QED) is 0.648. The van der Waals surface area contributed by atoms with E-state index in [4.69, 9.17) is 10.8 Å². The van der Waals surface area contributed by atoms with Gasteiger partial charge in [-0.25, -0.2) is 4.39 Å². The molecule has 0 bridgehead atoms. The van der Waals surface area contributed by atoms with E-state index in [0.717, 1.165) is 0 Å². The lowest BCUT2D eigenvalue weighted by Gasteiger charge is -2.25. The van der Waals surface area contributed by atoms with Gasteiger partial charge in [-0.05, 0) is 13.3 Å². The molecule has 5 heteroatoms. The van der Waals surface area contributed by atoms with Crippen molar-refractivity contribution >= 4 is 5.97 Å². The van der Waals surface area contributed by atoms with Gasteiger partial charge in [-0.3, -0.25) is 9.69 Å². The van der Waals surface area contributed by atoms with E-state index in [9.17, 15) is 9.18 Å². The van der Waals surface area contributed by atoms with Crippen LogP contribution in [-0.2, 0) is 4.79 Å². The van der Waals surface area contributed by atoms with Crippen molar-refractivity contribution in [3.63, 3.8) is 0 Å². The fraction of sp³-hybridized carbons (Fsp3) is 0.875. The third-order valence-corrected chi connectivity index (χ3v) is 2.26. The molecule has 76 valence electrons. The minimum atomic E-state index is -1.27. The van der Waals surface area contributed by atoms with Gasteiger partial charge in [0.15, 0.2) is 0 Å². The largest absolute Gasteiger partial charge is 0.480 e. The number of likely N-dealkylation sites (tertiary alicyclic amines) is 1. The van der Waals surface area contributed by atoms with Crippen LogP contribution in [0.15, 0.2) is 0 Å². The van der Waals surface area contributed by atoms with Gasteiger partial charge in [0, 0.05) is 19.6 Å². The second-order valence-electron chi connectivity index (χ2n) is 3.84. The molecule has 0 amide bonds. The van der Waals surface area contributed by atoms with Crippen molar-refractivity contribution < 1.29 is 14.3 Å². The van der Waals surface area contributed by atoms with Gasteiger partial charge < -0.3 is 10.8 Å². The smallest absolute Gasteiger partial charge is 0.324 e. The average molecular weight is 190 g/mol. The molecule has 0 aromatic carbocycles. The van der Waals surface area contributed by atoms with Gasteiger partial charge in [-0.1, -0.05) is 0 Å². The zero-order valence-electron chi connectivity index (χ0n) is 7.66. The highest BCUT2D eigenvalue weighted by Gasteiger charge is 2.33. The molecule has 0 saturated carbocycles. The Morgan fingerprint density at radius 2 is 2.46 bits per heavy atom. The lowest BCUT2D eigenvalue weighted by Crippen LogP contribution is -2.53. The molecule has 0 aliphatic carbocycles. The normalized spacial score (nSPS) is 28.7. The highest BCUT2D eigenvalue weighted by atomic mass is 19.1. The van der Waals surface area contributed by atoms with Crippen molar-refractivity contribution in [1.82, 2.24) is 4.90 Å². The molecular formula is C8H15FN2O2. The lowest BCUT2D eigenvalue weighted by atomic mass is 10.0. The van der Waals surface area contributed by atoms with Gasteiger partial charge in [0.05, 0.1) is 0 Å². The van der Waals surface area contributed by atoms with Crippen LogP contribution >= 0.6 is 0 Å². The Hall–Kier alpha value is -0.680. The fourth-order valence-corrected chi connectivity index (χ4v) is 1.46. The Kier molecular flexibility index (Phi) is 2.87. The maximum atomic E-state index is 12.7. The summed E-state index contributed by atoms with van der Waals surface area (Å²) < 4.78 is 12.7. The molecule has 0 aromatic rings. The molecule has 1 rings (SSSR count). The predicted molar refractivity (Wildman–Crippen MR) is 46.2 cm³/mol. The molecule has 13 heavy (non-hydrogen) atoms. The van der Waals surface area contributed by atoms with Gasteiger partial charge in [0.25, 0.3) is 0 Å². The number of carboxylic acid groups (broad SMARTS) is 1. The van der Waals surface area contributed by atoms with Gasteiger partial charge in [-0.15, -0.1) is 0 Å². The second-order valence-corrected chi connectivity index (χ2v) is 3.84. The minimum absolute atomic E-state index is 0.211. The number of nitrogens with zero attached hydrogens (tertiary/aromatic N) is 1. The maximum Gasteiger partial charge on any atom is 0.324 e. The van der Waals surface area contributed by atoms with Crippen molar-refractivity contribution in [3.8, 4) is 0 Å². The summed E-state index contributed by atoms with van der Waals surface area (Å²) in [5.74, 6) is -1.05. The van der Waals surface area contributed by atoms with E-state index in [1.807, 2.05) is 0 Å². The molecule has 0 aromatic heterocycles. The molecule has 2 unspecified atom stereocenters. The van der Waals surface area contributed by atoms with Crippen LogP contribution in [0.4, 0.5) is 4.39 Å². The zero-order valence-corrected chi connectivity index (χ0v) is 7.66. The number of aliphatic carboxylic acids is 1. The first-order valence-electron chi connectivity index (χ1n) is 4.30. The topological polar surface area (TPSA) is 66.6 Å². The van der Waals surface area contributed by atoms with Crippen LogP contribution in [-0.4, -0.2) is 47.3 Å². The Labute approximate surface area is 76.5 Å². The van der Waals surface area contributed by atoms with Crippen LogP contribution in [0.25, 0.3) is 0 Å². The van der Waals surface area contributed by atoms with E-state index in [1.165, 1.54) is 6.92 Å². The summed E-state index contributed by atoms with van der Waals surface area (Å²) in [6.07, 6.45) is -0.347. The van der Waals surface area contributed by atoms with E-state index in [2.05, 4.69) is 0 Å². The average Bonchev–Trinajstić information content (AvgIpc) is 2.34. The Balaban J connectivity index is 2.44. The van der Waals surface area contributed by atoms with Crippen LogP contribution in [0.5, 0.6) is 0 Å². The lowest BCUT2D eigenvalue weighted by molar-refractivity contribution is -0.143. The summed E-state index contributed by atoms with van der Waals surface area (Å²) in [6, 6.07) is 0. The summed E-state index contributed by atoms with van der Waals surface area (Å²) in [5, 5.41) is 8.72. The standard InChI is InChI=1S/C8H15FN2O2/c1-8(10,7(12)13)5-11-3-2-6(9)4-11/h6H,2-5,10H2,1H3,(H,12,13). The first-order valence-corrected chi connectivity index (χ1v) is 4.30. The fourth-order valence-electron chi connectivity index (χ4n) is 1.46. The molecule has 1 saturated heterocycles. The highest BCUT2D eigenvalue weighted by Crippen LogP contribution is 2.14. The summed E-state index contributed by atoms with van der Waals surface area (Å²) >= 11 is 0. The monoisotopic (exact) mass is 190 g/mol. The van der Waals surface area contributed by atoms with Crippen molar-refractivity contribution in [2.75, 3.05) is 19.6 Å². The molecule has 4 nitrogen and oxygen atoms in total. The number of rotatable bonds is 3. The summed E-state index contributed by atoms with van der Waals surface area (Å²) in [6.45, 7) is 2.56. The van der Waals surface area contributed by atoms with Crippen molar-refractivity contribution in [3.05, 3.63) is 0 Å². The van der Waals surface area contributed by atoms with Gasteiger partial charge in [-0.2, -0.15) is 0 Å². The van der Waals surface area contributed by atoms with E-state index in [-0.39, 0.29) is 6.54 Å². The minimum Gasteiger partial charge on any atom is -0.480 e. The molecule has 1 fully saturated rings. The SMILES string of the molecule is CC(N)(CN1CCC(F)C1)C(=O)O. The highest BCUT2D eigenvalue weighted by molar-refractivity contribution is 5.78. The third kappa shape index (κ3) is 2.63. The van der Waals surface area contributed by atoms with E-state index < -0.39 is 17.7 Å². The third-order valence-electron chi connectivity index (χ3n) is 2.26. The summed E-state index contributed by atoms with van der Waals surface area (Å²) in [7, 11) is 0. The number of hydrogen-bond acceptors (Lipinski definition) is 3. The molecule has 1 heterocycles. The van der Waals surface area contributed by atoms with Crippen LogP contribution in [0.2, 0.25) is 0 Å². The molecular weight excluding hydrogens is 175 g/mol. The number of nitrogens with two attached hydrogens (primary N) is 1. The predicted octanol–water partition coefficient (Wildman–Crippen LogP) is -0.168. The van der Waals surface area contributed by atoms with E-state index >= 15 is 0 Å². The van der Waals surface area contributed by atoms with E-state index in [1.54, 1.807) is 4.90 Å². The Morgan fingerprint density at radius 1 is 1.85 bits per heavy atom. The summed E-state index contributed by atoms with van der Waals surface area (Å²) in [5.41, 5.74) is 4.25. The Morgan fingerprint density at radius 3 is 2.85 bits per heavy atom. The van der Waals surface area contributed by atoms with Crippen LogP contribution in [0, 0.1) is 0 Å². The number of alkyl halides is 1. The Bertz CT molecular complexity index is 208. The van der Waals surface area contributed by atoms with E-state index in [0.29, 0.717) is 19.5 Å². The van der Waals surface area contributed by atoms with Crippen molar-refractivity contribution in [1.29, 1.82) is 0 Å². The zero-order chi connectivity index (χ0) is 10.1. The number of halogens is 1. The molecule has 3 N–H and O–H groups in total. The van der Waals surface area contributed by atoms with Gasteiger partial charge in [0.1, 0.15) is 11.7 Å². The van der Waals surface area contributed by atoms with Crippen LogP contribution in [0.3, 0.4) is 0 Å². The van der Waals surface area contributed by atoms with Crippen molar-refractivity contribution in [2.45, 2.75) is 25.1 Å². The molecule has 1 aliphatic rings. The number of carbonyl (C=O) groups is 1. The van der Waals surface area contributed by atoms with Crippen LogP contribution in [0.1, 0.15) is 13.3 Å². The first kappa shape index (κ1) is 10.4. The van der Waals surface area contributed by atoms with Crippen molar-refractivity contribution in [2.24, 2.45) is 5.73 Å². The van der Waals surface area contributed by atoms with Gasteiger partial charge in [0.2, 0.25) is 0 Å². The number of hydrogen-bond donors (Lipinski definition) is 2. The van der Waals surface area contributed by atoms with Crippen LogP contribution < -0.4 is 5.73 Å². The molecule has 0 radical (unpaired) electrons. The maximum absolute atomic E-state index is 12.7. The summed E-state index contributed by atoms with van der Waals surface area (Å²) in [4.78, 5) is 12.4. The number of carboxylic acids is 1. The van der Waals surface area contributed by atoms with Gasteiger partial charge >= 0.3 is 5.97 Å². The molecule has 1 aliphatic heterocycles. The second kappa shape index (κ2) is 3.59. The first-order chi connectivity index (χ1) is 5.92. The molecule has 2 atom stereocenters.